The minimum atomic E-state index is 0.189. The number of carbonyl (C=O) groups excluding carboxylic acids is 1. The van der Waals surface area contributed by atoms with E-state index in [1.807, 2.05) is 59.0 Å². The van der Waals surface area contributed by atoms with E-state index in [2.05, 4.69) is 5.32 Å². The summed E-state index contributed by atoms with van der Waals surface area (Å²) >= 11 is 0. The molecule has 0 unspecified atom stereocenters. The van der Waals surface area contributed by atoms with Crippen molar-refractivity contribution in [2.24, 2.45) is 0 Å². The third kappa shape index (κ3) is 7.28. The molecule has 0 heterocycles. The number of benzene rings is 1. The molecule has 0 bridgehead atoms. The maximum absolute atomic E-state index is 11.0. The number of nitrogens with one attached hydrogen (secondary N) is 1. The van der Waals surface area contributed by atoms with Gasteiger partial charge in [-0.3, -0.25) is 4.79 Å². The van der Waals surface area contributed by atoms with Crippen molar-refractivity contribution < 1.29 is 9.53 Å². The predicted molar refractivity (Wildman–Crippen MR) is 90.0 cm³/mol. The van der Waals surface area contributed by atoms with Crippen molar-refractivity contribution in [2.45, 2.75) is 66.0 Å². The summed E-state index contributed by atoms with van der Waals surface area (Å²) in [4.78, 5) is 11.0. The van der Waals surface area contributed by atoms with Gasteiger partial charge in [0.2, 0.25) is 0 Å². The largest absolute Gasteiger partial charge is 0.490 e. The molecule has 3 heteroatoms. The van der Waals surface area contributed by atoms with Crippen molar-refractivity contribution in [3.63, 3.8) is 0 Å². The molecule has 0 atom stereocenters. The molecular weight excluding hydrogens is 262 g/mol. The van der Waals surface area contributed by atoms with Crippen LogP contribution in [0.3, 0.4) is 0 Å². The van der Waals surface area contributed by atoms with Gasteiger partial charge in [0.05, 0.1) is 0 Å². The molecule has 120 valence electrons. The molecule has 1 aliphatic carbocycles. The molecule has 0 spiro atoms. The topological polar surface area (TPSA) is 38.3 Å². The first-order valence-electron chi connectivity index (χ1n) is 8.09. The average molecular weight is 293 g/mol. The van der Waals surface area contributed by atoms with Crippen LogP contribution in [0.5, 0.6) is 5.75 Å². The van der Waals surface area contributed by atoms with Crippen LogP contribution in [-0.2, 0) is 11.2 Å². The van der Waals surface area contributed by atoms with Gasteiger partial charge in [0, 0.05) is 12.5 Å². The van der Waals surface area contributed by atoms with Crippen LogP contribution in [0.25, 0.3) is 0 Å². The van der Waals surface area contributed by atoms with Crippen LogP contribution in [0.1, 0.15) is 53.0 Å². The molecule has 0 amide bonds. The normalized spacial score (nSPS) is 19.1. The zero-order chi connectivity index (χ0) is 16.3. The number of ether oxygens (including phenoxy) is 1. The van der Waals surface area contributed by atoms with Gasteiger partial charge in [-0.2, -0.15) is 0 Å². The Hall–Kier alpha value is -1.35. The first-order chi connectivity index (χ1) is 10.2. The molecule has 1 aromatic carbocycles. The zero-order valence-electron chi connectivity index (χ0n) is 14.4. The van der Waals surface area contributed by atoms with Crippen molar-refractivity contribution in [1.29, 1.82) is 0 Å². The molecule has 0 saturated heterocycles. The highest BCUT2D eigenvalue weighted by Gasteiger charge is 2.29. The van der Waals surface area contributed by atoms with E-state index < -0.39 is 0 Å². The van der Waals surface area contributed by atoms with Crippen molar-refractivity contribution in [3.05, 3.63) is 29.8 Å². The predicted octanol–water partition coefficient (Wildman–Crippen LogP) is 4.00. The van der Waals surface area contributed by atoms with E-state index in [-0.39, 0.29) is 5.78 Å². The van der Waals surface area contributed by atoms with Crippen molar-refractivity contribution in [1.82, 2.24) is 5.32 Å². The molecule has 1 aliphatic rings. The van der Waals surface area contributed by atoms with Gasteiger partial charge in [-0.05, 0) is 44.5 Å². The zero-order valence-corrected chi connectivity index (χ0v) is 14.4. The monoisotopic (exact) mass is 293 g/mol. The summed E-state index contributed by atoms with van der Waals surface area (Å²) in [6.07, 6.45) is 2.99. The van der Waals surface area contributed by atoms with Crippen molar-refractivity contribution >= 4 is 5.78 Å². The fraction of sp³-hybridized carbons (Fsp3) is 0.611. The SMILES string of the molecule is CC.CC.CNC1CC(Oc2ccc(CC(C)=O)cc2)C1. The van der Waals surface area contributed by atoms with Gasteiger partial charge in [-0.25, -0.2) is 0 Å². The summed E-state index contributed by atoms with van der Waals surface area (Å²) in [5.74, 6) is 1.09. The lowest BCUT2D eigenvalue weighted by atomic mass is 9.89. The molecule has 0 radical (unpaired) electrons. The Morgan fingerprint density at radius 1 is 1.14 bits per heavy atom. The number of carbonyl (C=O) groups is 1. The molecule has 3 nitrogen and oxygen atoms in total. The van der Waals surface area contributed by atoms with E-state index in [4.69, 9.17) is 4.74 Å². The van der Waals surface area contributed by atoms with E-state index in [1.165, 1.54) is 0 Å². The number of rotatable bonds is 5. The third-order valence-electron chi connectivity index (χ3n) is 3.18. The van der Waals surface area contributed by atoms with Gasteiger partial charge < -0.3 is 10.1 Å². The summed E-state index contributed by atoms with van der Waals surface area (Å²) in [6.45, 7) is 9.61. The van der Waals surface area contributed by atoms with Crippen LogP contribution >= 0.6 is 0 Å². The highest BCUT2D eigenvalue weighted by atomic mass is 16.5. The quantitative estimate of drug-likeness (QED) is 0.891. The Morgan fingerprint density at radius 2 is 1.67 bits per heavy atom. The van der Waals surface area contributed by atoms with Crippen molar-refractivity contribution in [3.8, 4) is 5.75 Å². The van der Waals surface area contributed by atoms with Gasteiger partial charge in [0.25, 0.3) is 0 Å². The summed E-state index contributed by atoms with van der Waals surface area (Å²) in [7, 11) is 1.98. The molecule has 1 aromatic rings. The second-order valence-electron chi connectivity index (χ2n) is 4.72. The summed E-state index contributed by atoms with van der Waals surface area (Å²) in [6, 6.07) is 8.43. The van der Waals surface area contributed by atoms with Gasteiger partial charge >= 0.3 is 0 Å². The average Bonchev–Trinajstić information content (AvgIpc) is 2.48. The van der Waals surface area contributed by atoms with Crippen molar-refractivity contribution in [2.75, 3.05) is 7.05 Å². The third-order valence-corrected chi connectivity index (χ3v) is 3.18. The lowest BCUT2D eigenvalue weighted by Crippen LogP contribution is -2.45. The van der Waals surface area contributed by atoms with E-state index >= 15 is 0 Å². The maximum Gasteiger partial charge on any atom is 0.134 e. The van der Waals surface area contributed by atoms with Crippen LogP contribution in [0, 0.1) is 0 Å². The van der Waals surface area contributed by atoms with E-state index in [1.54, 1.807) is 6.92 Å². The van der Waals surface area contributed by atoms with Gasteiger partial charge in [0.15, 0.2) is 0 Å². The fourth-order valence-electron chi connectivity index (χ4n) is 2.06. The highest BCUT2D eigenvalue weighted by molar-refractivity contribution is 5.78. The standard InChI is InChI=1S/C14H19NO2.2C2H6/c1-10(16)7-11-3-5-13(6-4-11)17-14-8-12(9-14)15-2;2*1-2/h3-6,12,14-15H,7-9H2,1-2H3;2*1-2H3. The maximum atomic E-state index is 11.0. The van der Waals surface area contributed by atoms with Crippen LogP contribution in [0.2, 0.25) is 0 Å². The first-order valence-corrected chi connectivity index (χ1v) is 8.09. The Kier molecular flexibility index (Phi) is 10.6. The first kappa shape index (κ1) is 19.7. The smallest absolute Gasteiger partial charge is 0.134 e. The fourth-order valence-corrected chi connectivity index (χ4v) is 2.06. The number of ketones is 1. The second-order valence-corrected chi connectivity index (χ2v) is 4.72. The van der Waals surface area contributed by atoms with Gasteiger partial charge in [-0.15, -0.1) is 0 Å². The Balaban J connectivity index is 0.000000921. The molecule has 21 heavy (non-hydrogen) atoms. The van der Waals surface area contributed by atoms with Crippen LogP contribution < -0.4 is 10.1 Å². The molecule has 1 N–H and O–H groups in total. The lowest BCUT2D eigenvalue weighted by molar-refractivity contribution is -0.116. The molecule has 1 saturated carbocycles. The molecule has 2 rings (SSSR count). The minimum Gasteiger partial charge on any atom is -0.490 e. The van der Waals surface area contributed by atoms with E-state index in [0.29, 0.717) is 18.6 Å². The number of hydrogen-bond donors (Lipinski definition) is 1. The highest BCUT2D eigenvalue weighted by Crippen LogP contribution is 2.25. The summed E-state index contributed by atoms with van der Waals surface area (Å²) in [5, 5.41) is 3.23. The molecule has 1 fully saturated rings. The van der Waals surface area contributed by atoms with E-state index in [0.717, 1.165) is 24.2 Å². The number of Topliss-reactive ketones (excluding diaryl/α,β-unsaturated/α-hetero) is 1. The molecule has 0 aromatic heterocycles. The lowest BCUT2D eigenvalue weighted by Gasteiger charge is -2.35. The molecule has 0 aliphatic heterocycles. The Labute approximate surface area is 130 Å². The molecular formula is C18H31NO2. The summed E-state index contributed by atoms with van der Waals surface area (Å²) < 4.78 is 5.82. The van der Waals surface area contributed by atoms with Crippen LogP contribution in [0.15, 0.2) is 24.3 Å². The minimum absolute atomic E-state index is 0.189. The Morgan fingerprint density at radius 3 is 2.10 bits per heavy atom. The Bertz CT molecular complexity index is 381. The van der Waals surface area contributed by atoms with Crippen LogP contribution in [-0.4, -0.2) is 25.0 Å². The number of hydrogen-bond acceptors (Lipinski definition) is 3. The van der Waals surface area contributed by atoms with Gasteiger partial charge in [-0.1, -0.05) is 39.8 Å². The van der Waals surface area contributed by atoms with Gasteiger partial charge in [0.1, 0.15) is 17.6 Å². The van der Waals surface area contributed by atoms with Crippen LogP contribution in [0.4, 0.5) is 0 Å². The second kappa shape index (κ2) is 11.3. The van der Waals surface area contributed by atoms with E-state index in [9.17, 15) is 4.79 Å². The summed E-state index contributed by atoms with van der Waals surface area (Å²) in [5.41, 5.74) is 1.05.